The molecule has 1 aliphatic rings. The summed E-state index contributed by atoms with van der Waals surface area (Å²) in [6.45, 7) is 2.16. The van der Waals surface area contributed by atoms with Crippen molar-refractivity contribution in [3.63, 3.8) is 0 Å². The first-order valence-electron chi connectivity index (χ1n) is 7.43. The molecule has 1 fully saturated rings. The van der Waals surface area contributed by atoms with Gasteiger partial charge in [0, 0.05) is 24.6 Å². The molecular weight excluding hydrogens is 341 g/mol. The fourth-order valence-corrected chi connectivity index (χ4v) is 3.20. The van der Waals surface area contributed by atoms with Crippen LogP contribution in [0.15, 0.2) is 30.5 Å². The van der Waals surface area contributed by atoms with E-state index in [-0.39, 0.29) is 5.56 Å². The van der Waals surface area contributed by atoms with Crippen molar-refractivity contribution in [1.29, 1.82) is 0 Å². The van der Waals surface area contributed by atoms with Gasteiger partial charge in [-0.05, 0) is 18.6 Å². The number of alkyl halides is 3. The van der Waals surface area contributed by atoms with Crippen LogP contribution in [-0.2, 0) is 10.9 Å². The summed E-state index contributed by atoms with van der Waals surface area (Å²) in [6.07, 6.45) is -2.10. The molecule has 0 amide bonds. The van der Waals surface area contributed by atoms with Crippen molar-refractivity contribution in [2.45, 2.75) is 12.6 Å². The molecular formula is C16H15F3N2O2S. The van der Waals surface area contributed by atoms with Crippen LogP contribution in [0.4, 0.5) is 18.3 Å². The molecule has 1 aromatic heterocycles. The Balaban J connectivity index is 1.69. The van der Waals surface area contributed by atoms with E-state index in [1.54, 1.807) is 0 Å². The Morgan fingerprint density at radius 3 is 2.96 bits per heavy atom. The van der Waals surface area contributed by atoms with E-state index in [0.29, 0.717) is 29.1 Å². The molecule has 3 rings (SSSR count). The minimum absolute atomic E-state index is 0.00391. The van der Waals surface area contributed by atoms with Crippen molar-refractivity contribution in [3.05, 3.63) is 46.5 Å². The van der Waals surface area contributed by atoms with Crippen molar-refractivity contribution in [2.24, 2.45) is 5.92 Å². The van der Waals surface area contributed by atoms with Gasteiger partial charge < -0.3 is 10.1 Å². The van der Waals surface area contributed by atoms with Crippen molar-refractivity contribution >= 4 is 22.3 Å². The van der Waals surface area contributed by atoms with Crippen molar-refractivity contribution < 1.29 is 22.7 Å². The zero-order valence-electron chi connectivity index (χ0n) is 12.6. The largest absolute Gasteiger partial charge is 0.416 e. The molecule has 4 nitrogen and oxygen atoms in total. The number of ether oxygens (including phenoxy) is 1. The third-order valence-corrected chi connectivity index (χ3v) is 4.70. The van der Waals surface area contributed by atoms with E-state index in [0.717, 1.165) is 36.5 Å². The SMILES string of the molecule is O=C(c1cccc(C(F)(F)F)c1)c1cnc(NCC2CCOC2)s1. The Bertz CT molecular complexity index is 724. The molecule has 1 aliphatic heterocycles. The second-order valence-electron chi connectivity index (χ2n) is 5.55. The summed E-state index contributed by atoms with van der Waals surface area (Å²) in [7, 11) is 0. The predicted octanol–water partition coefficient (Wildman–Crippen LogP) is 3.84. The summed E-state index contributed by atoms with van der Waals surface area (Å²) in [4.78, 5) is 16.8. The molecule has 1 atom stereocenters. The number of ketones is 1. The minimum Gasteiger partial charge on any atom is -0.381 e. The van der Waals surface area contributed by atoms with E-state index in [1.807, 2.05) is 0 Å². The fourth-order valence-electron chi connectivity index (χ4n) is 2.42. The van der Waals surface area contributed by atoms with Gasteiger partial charge in [0.05, 0.1) is 23.2 Å². The highest BCUT2D eigenvalue weighted by atomic mass is 32.1. The number of nitrogens with zero attached hydrogens (tertiary/aromatic N) is 1. The third kappa shape index (κ3) is 3.93. The van der Waals surface area contributed by atoms with Crippen LogP contribution in [0.2, 0.25) is 0 Å². The van der Waals surface area contributed by atoms with E-state index >= 15 is 0 Å². The van der Waals surface area contributed by atoms with Crippen molar-refractivity contribution in [1.82, 2.24) is 4.98 Å². The molecule has 2 aromatic rings. The molecule has 24 heavy (non-hydrogen) atoms. The topological polar surface area (TPSA) is 51.2 Å². The number of anilines is 1. The molecule has 8 heteroatoms. The van der Waals surface area contributed by atoms with Gasteiger partial charge in [0.15, 0.2) is 5.13 Å². The Kier molecular flexibility index (Phi) is 4.86. The summed E-state index contributed by atoms with van der Waals surface area (Å²) in [5, 5.41) is 3.72. The molecule has 0 radical (unpaired) electrons. The lowest BCUT2D eigenvalue weighted by atomic mass is 10.1. The van der Waals surface area contributed by atoms with Gasteiger partial charge in [-0.1, -0.05) is 23.5 Å². The summed E-state index contributed by atoms with van der Waals surface area (Å²) in [6, 6.07) is 4.42. The molecule has 1 saturated heterocycles. The summed E-state index contributed by atoms with van der Waals surface area (Å²) >= 11 is 1.14. The Labute approximate surface area is 140 Å². The van der Waals surface area contributed by atoms with Gasteiger partial charge in [-0.15, -0.1) is 0 Å². The number of rotatable bonds is 5. The van der Waals surface area contributed by atoms with E-state index in [1.165, 1.54) is 18.3 Å². The quantitative estimate of drug-likeness (QED) is 0.827. The second-order valence-corrected chi connectivity index (χ2v) is 6.58. The van der Waals surface area contributed by atoms with Gasteiger partial charge in [-0.2, -0.15) is 13.2 Å². The number of hydrogen-bond acceptors (Lipinski definition) is 5. The zero-order chi connectivity index (χ0) is 17.2. The summed E-state index contributed by atoms with van der Waals surface area (Å²) in [5.74, 6) is -0.0487. The number of nitrogens with one attached hydrogen (secondary N) is 1. The predicted molar refractivity (Wildman–Crippen MR) is 84.4 cm³/mol. The average molecular weight is 356 g/mol. The smallest absolute Gasteiger partial charge is 0.381 e. The van der Waals surface area contributed by atoms with E-state index in [2.05, 4.69) is 10.3 Å². The second kappa shape index (κ2) is 6.90. The molecule has 1 N–H and O–H groups in total. The minimum atomic E-state index is -4.47. The normalized spacial score (nSPS) is 17.9. The monoisotopic (exact) mass is 356 g/mol. The van der Waals surface area contributed by atoms with Gasteiger partial charge in [-0.3, -0.25) is 4.79 Å². The number of carbonyl (C=O) groups excluding carboxylic acids is 1. The van der Waals surface area contributed by atoms with Crippen LogP contribution in [-0.4, -0.2) is 30.5 Å². The lowest BCUT2D eigenvalue weighted by Gasteiger charge is -2.08. The Hall–Kier alpha value is -1.93. The van der Waals surface area contributed by atoms with Crippen LogP contribution in [0.1, 0.15) is 27.2 Å². The van der Waals surface area contributed by atoms with Crippen molar-refractivity contribution in [2.75, 3.05) is 25.1 Å². The van der Waals surface area contributed by atoms with E-state index < -0.39 is 17.5 Å². The molecule has 1 aromatic carbocycles. The maximum absolute atomic E-state index is 12.7. The zero-order valence-corrected chi connectivity index (χ0v) is 13.4. The molecule has 1 unspecified atom stereocenters. The first-order valence-corrected chi connectivity index (χ1v) is 8.24. The summed E-state index contributed by atoms with van der Waals surface area (Å²) in [5.41, 5.74) is -0.832. The van der Waals surface area contributed by atoms with Crippen LogP contribution in [0, 0.1) is 5.92 Å². The maximum atomic E-state index is 12.7. The first kappa shape index (κ1) is 16.9. The molecule has 2 heterocycles. The van der Waals surface area contributed by atoms with Gasteiger partial charge in [0.2, 0.25) is 5.78 Å². The van der Waals surface area contributed by atoms with Crippen LogP contribution in [0.5, 0.6) is 0 Å². The molecule has 128 valence electrons. The first-order chi connectivity index (χ1) is 11.4. The van der Waals surface area contributed by atoms with Crippen LogP contribution >= 0.6 is 11.3 Å². The van der Waals surface area contributed by atoms with Gasteiger partial charge in [0.25, 0.3) is 0 Å². The van der Waals surface area contributed by atoms with Crippen LogP contribution in [0.3, 0.4) is 0 Å². The highest BCUT2D eigenvalue weighted by Crippen LogP contribution is 2.30. The molecule has 0 saturated carbocycles. The molecule has 0 spiro atoms. The number of aromatic nitrogens is 1. The number of halogens is 3. The highest BCUT2D eigenvalue weighted by molar-refractivity contribution is 7.17. The number of hydrogen-bond donors (Lipinski definition) is 1. The van der Waals surface area contributed by atoms with E-state index in [4.69, 9.17) is 4.74 Å². The maximum Gasteiger partial charge on any atom is 0.416 e. The van der Waals surface area contributed by atoms with Crippen LogP contribution in [0.25, 0.3) is 0 Å². The molecule has 0 bridgehead atoms. The highest BCUT2D eigenvalue weighted by Gasteiger charge is 2.31. The average Bonchev–Trinajstić information content (AvgIpc) is 3.23. The van der Waals surface area contributed by atoms with Crippen molar-refractivity contribution in [3.8, 4) is 0 Å². The molecule has 0 aliphatic carbocycles. The Morgan fingerprint density at radius 1 is 1.42 bits per heavy atom. The van der Waals surface area contributed by atoms with E-state index in [9.17, 15) is 18.0 Å². The summed E-state index contributed by atoms with van der Waals surface area (Å²) < 4.78 is 43.5. The lowest BCUT2D eigenvalue weighted by molar-refractivity contribution is -0.137. The number of thiazole rings is 1. The van der Waals surface area contributed by atoms with Crippen LogP contribution < -0.4 is 5.32 Å². The van der Waals surface area contributed by atoms with Gasteiger partial charge in [0.1, 0.15) is 0 Å². The van der Waals surface area contributed by atoms with Gasteiger partial charge in [-0.25, -0.2) is 4.98 Å². The van der Waals surface area contributed by atoms with Gasteiger partial charge >= 0.3 is 6.18 Å². The lowest BCUT2D eigenvalue weighted by Crippen LogP contribution is -2.13. The number of carbonyl (C=O) groups is 1. The standard InChI is InChI=1S/C16H15F3N2O2S/c17-16(18,19)12-3-1-2-11(6-12)14(22)13-8-21-15(24-13)20-7-10-4-5-23-9-10/h1-3,6,8,10H,4-5,7,9H2,(H,20,21). The number of benzene rings is 1. The Morgan fingerprint density at radius 2 is 2.25 bits per heavy atom. The fraction of sp³-hybridized carbons (Fsp3) is 0.375. The third-order valence-electron chi connectivity index (χ3n) is 3.75.